The van der Waals surface area contributed by atoms with Gasteiger partial charge in [-0.05, 0) is 35.9 Å². The second-order valence-electron chi connectivity index (χ2n) is 4.17. The van der Waals surface area contributed by atoms with Crippen molar-refractivity contribution in [1.29, 1.82) is 0 Å². The lowest BCUT2D eigenvalue weighted by molar-refractivity contribution is 0.0595. The molecule has 0 bridgehead atoms. The average Bonchev–Trinajstić information content (AvgIpc) is 2.47. The predicted molar refractivity (Wildman–Crippen MR) is 76.2 cm³/mol. The van der Waals surface area contributed by atoms with Crippen molar-refractivity contribution in [2.45, 2.75) is 6.61 Å². The molecule has 0 unspecified atom stereocenters. The fourth-order valence-corrected chi connectivity index (χ4v) is 2.01. The third kappa shape index (κ3) is 3.78. The first-order chi connectivity index (χ1) is 10.0. The largest absolute Gasteiger partial charge is 0.486 e. The number of rotatable bonds is 4. The molecule has 6 heteroatoms. The lowest BCUT2D eigenvalue weighted by Crippen LogP contribution is -2.06. The smallest absolute Gasteiger partial charge is 0.340 e. The second-order valence-corrected chi connectivity index (χ2v) is 5.08. The quantitative estimate of drug-likeness (QED) is 0.774. The van der Waals surface area contributed by atoms with Crippen LogP contribution in [0.3, 0.4) is 0 Å². The average molecular weight is 357 g/mol. The summed E-state index contributed by atoms with van der Waals surface area (Å²) >= 11 is 3.21. The number of hydrogen-bond donors (Lipinski definition) is 0. The highest BCUT2D eigenvalue weighted by atomic mass is 79.9. The molecule has 0 aliphatic carbocycles. The Bertz CT molecular complexity index is 674. The summed E-state index contributed by atoms with van der Waals surface area (Å²) in [4.78, 5) is 11.3. The first-order valence-electron chi connectivity index (χ1n) is 5.96. The Kier molecular flexibility index (Phi) is 4.90. The van der Waals surface area contributed by atoms with Gasteiger partial charge >= 0.3 is 5.97 Å². The van der Waals surface area contributed by atoms with Crippen LogP contribution in [0.1, 0.15) is 15.9 Å². The minimum absolute atomic E-state index is 0.0221. The Morgan fingerprint density at radius 2 is 1.90 bits per heavy atom. The van der Waals surface area contributed by atoms with Gasteiger partial charge in [-0.15, -0.1) is 0 Å². The molecule has 2 aromatic carbocycles. The number of methoxy groups -OCH3 is 1. The van der Waals surface area contributed by atoms with Gasteiger partial charge in [0, 0.05) is 4.47 Å². The molecule has 0 radical (unpaired) electrons. The van der Waals surface area contributed by atoms with Crippen LogP contribution in [0.15, 0.2) is 40.9 Å². The maximum atomic E-state index is 13.7. The molecule has 2 aromatic rings. The molecule has 110 valence electrons. The van der Waals surface area contributed by atoms with Crippen LogP contribution < -0.4 is 4.74 Å². The normalized spacial score (nSPS) is 10.3. The molecule has 2 rings (SSSR count). The van der Waals surface area contributed by atoms with Crippen molar-refractivity contribution in [2.75, 3.05) is 7.11 Å². The number of carbonyl (C=O) groups excluding carboxylic acids is 1. The lowest BCUT2D eigenvalue weighted by Gasteiger charge is -2.09. The molecule has 0 spiro atoms. The molecule has 0 atom stereocenters. The maximum absolute atomic E-state index is 13.7. The summed E-state index contributed by atoms with van der Waals surface area (Å²) in [7, 11) is 1.18. The molecule has 0 aliphatic rings. The summed E-state index contributed by atoms with van der Waals surface area (Å²) in [5.41, 5.74) is 0.314. The molecule has 0 heterocycles. The summed E-state index contributed by atoms with van der Waals surface area (Å²) in [6, 6.07) is 8.27. The Balaban J connectivity index is 2.12. The summed E-state index contributed by atoms with van der Waals surface area (Å²) < 4.78 is 37.6. The van der Waals surface area contributed by atoms with Crippen LogP contribution in [0.5, 0.6) is 5.75 Å². The molecular weight excluding hydrogens is 346 g/mol. The van der Waals surface area contributed by atoms with E-state index in [1.165, 1.54) is 31.4 Å². The first-order valence-corrected chi connectivity index (χ1v) is 6.75. The monoisotopic (exact) mass is 356 g/mol. The van der Waals surface area contributed by atoms with E-state index in [9.17, 15) is 13.6 Å². The van der Waals surface area contributed by atoms with Crippen molar-refractivity contribution >= 4 is 21.9 Å². The van der Waals surface area contributed by atoms with Crippen LogP contribution >= 0.6 is 15.9 Å². The van der Waals surface area contributed by atoms with E-state index in [2.05, 4.69) is 20.7 Å². The van der Waals surface area contributed by atoms with Gasteiger partial charge in [-0.25, -0.2) is 13.6 Å². The van der Waals surface area contributed by atoms with E-state index in [-0.39, 0.29) is 17.9 Å². The van der Waals surface area contributed by atoms with E-state index in [1.54, 1.807) is 6.07 Å². The lowest BCUT2D eigenvalue weighted by atomic mass is 10.1. The minimum atomic E-state index is -0.752. The summed E-state index contributed by atoms with van der Waals surface area (Å²) in [5, 5.41) is 0. The molecule has 0 saturated carbocycles. The fraction of sp³-hybridized carbons (Fsp3) is 0.133. The van der Waals surface area contributed by atoms with Gasteiger partial charge in [0.25, 0.3) is 0 Å². The van der Waals surface area contributed by atoms with Gasteiger partial charge in [-0.1, -0.05) is 22.0 Å². The Labute approximate surface area is 128 Å². The first kappa shape index (κ1) is 15.4. The second kappa shape index (κ2) is 6.67. The zero-order valence-corrected chi connectivity index (χ0v) is 12.6. The van der Waals surface area contributed by atoms with Crippen LogP contribution in [-0.2, 0) is 11.3 Å². The maximum Gasteiger partial charge on any atom is 0.340 e. The standard InChI is InChI=1S/C15H11BrF2O3/c1-20-15(19)11-4-2-9(6-13(11)18)8-21-14-7-10(16)3-5-12(14)17/h2-7H,8H2,1H3. The number of hydrogen-bond acceptors (Lipinski definition) is 3. The van der Waals surface area contributed by atoms with Crippen LogP contribution in [0.25, 0.3) is 0 Å². The van der Waals surface area contributed by atoms with Gasteiger partial charge in [0.15, 0.2) is 11.6 Å². The van der Waals surface area contributed by atoms with Gasteiger partial charge in [0.2, 0.25) is 0 Å². The topological polar surface area (TPSA) is 35.5 Å². The van der Waals surface area contributed by atoms with Crippen LogP contribution in [0, 0.1) is 11.6 Å². The molecule has 0 saturated heterocycles. The molecule has 0 aromatic heterocycles. The highest BCUT2D eigenvalue weighted by Crippen LogP contribution is 2.23. The Hall–Kier alpha value is -1.95. The summed E-state index contributed by atoms with van der Waals surface area (Å²) in [6.45, 7) is -0.0221. The number of carbonyl (C=O) groups is 1. The van der Waals surface area contributed by atoms with Crippen LogP contribution in [-0.4, -0.2) is 13.1 Å². The van der Waals surface area contributed by atoms with Crippen LogP contribution in [0.2, 0.25) is 0 Å². The van der Waals surface area contributed by atoms with E-state index in [0.29, 0.717) is 10.0 Å². The zero-order valence-electron chi connectivity index (χ0n) is 11.0. The molecule has 21 heavy (non-hydrogen) atoms. The zero-order chi connectivity index (χ0) is 15.4. The third-order valence-electron chi connectivity index (χ3n) is 2.73. The Morgan fingerprint density at radius 3 is 2.57 bits per heavy atom. The molecule has 0 aliphatic heterocycles. The number of halogens is 3. The summed E-state index contributed by atoms with van der Waals surface area (Å²) in [6.07, 6.45) is 0. The SMILES string of the molecule is COC(=O)c1ccc(COc2cc(Br)ccc2F)cc1F. The van der Waals surface area contributed by atoms with Crippen LogP contribution in [0.4, 0.5) is 8.78 Å². The molecule has 0 fully saturated rings. The third-order valence-corrected chi connectivity index (χ3v) is 3.22. The van der Waals surface area contributed by atoms with Gasteiger partial charge in [-0.2, -0.15) is 0 Å². The number of benzene rings is 2. The Morgan fingerprint density at radius 1 is 1.14 bits per heavy atom. The van der Waals surface area contributed by atoms with Crippen molar-refractivity contribution in [1.82, 2.24) is 0 Å². The minimum Gasteiger partial charge on any atom is -0.486 e. The van der Waals surface area contributed by atoms with Gasteiger partial charge in [0.05, 0.1) is 12.7 Å². The fourth-order valence-electron chi connectivity index (χ4n) is 1.67. The van der Waals surface area contributed by atoms with E-state index in [1.807, 2.05) is 0 Å². The van der Waals surface area contributed by atoms with Gasteiger partial charge < -0.3 is 9.47 Å². The van der Waals surface area contributed by atoms with E-state index in [0.717, 1.165) is 6.07 Å². The van der Waals surface area contributed by atoms with E-state index >= 15 is 0 Å². The predicted octanol–water partition coefficient (Wildman–Crippen LogP) is 4.09. The van der Waals surface area contributed by atoms with Crippen molar-refractivity contribution in [3.63, 3.8) is 0 Å². The molecular formula is C15H11BrF2O3. The van der Waals surface area contributed by atoms with E-state index in [4.69, 9.17) is 4.74 Å². The molecule has 0 N–H and O–H groups in total. The number of ether oxygens (including phenoxy) is 2. The van der Waals surface area contributed by atoms with Crippen molar-refractivity contribution in [3.8, 4) is 5.75 Å². The molecule has 0 amide bonds. The molecule has 3 nitrogen and oxygen atoms in total. The van der Waals surface area contributed by atoms with Gasteiger partial charge in [0.1, 0.15) is 12.4 Å². The summed E-state index contributed by atoms with van der Waals surface area (Å²) in [5.74, 6) is -1.91. The van der Waals surface area contributed by atoms with Crippen molar-refractivity contribution < 1.29 is 23.0 Å². The van der Waals surface area contributed by atoms with Gasteiger partial charge in [-0.3, -0.25) is 0 Å². The highest BCUT2D eigenvalue weighted by Gasteiger charge is 2.13. The van der Waals surface area contributed by atoms with E-state index < -0.39 is 17.6 Å². The van der Waals surface area contributed by atoms with Crippen molar-refractivity contribution in [2.24, 2.45) is 0 Å². The highest BCUT2D eigenvalue weighted by molar-refractivity contribution is 9.10. The number of esters is 1. The van der Waals surface area contributed by atoms with Crippen molar-refractivity contribution in [3.05, 3.63) is 63.6 Å².